The summed E-state index contributed by atoms with van der Waals surface area (Å²) in [6, 6.07) is 4.70. The van der Waals surface area contributed by atoms with Gasteiger partial charge in [0.2, 0.25) is 0 Å². The van der Waals surface area contributed by atoms with Crippen LogP contribution >= 0.6 is 0 Å². The third-order valence-corrected chi connectivity index (χ3v) is 3.34. The number of benzene rings is 1. The minimum Gasteiger partial charge on any atom is -0.390 e. The number of hydrogen-bond donors (Lipinski definition) is 2. The first kappa shape index (κ1) is 14.8. The molecule has 2 atom stereocenters. The Morgan fingerprint density at radius 3 is 2.70 bits per heavy atom. The number of hydrogen-bond acceptors (Lipinski definition) is 3. The highest BCUT2D eigenvalue weighted by Crippen LogP contribution is 2.30. The van der Waals surface area contributed by atoms with E-state index in [1.54, 1.807) is 12.1 Å². The lowest BCUT2D eigenvalue weighted by atomic mass is 9.86. The average Bonchev–Trinajstić information content (AvgIpc) is 2.37. The molecule has 0 unspecified atom stereocenters. The maximum Gasteiger partial charge on any atom is 0.471 e. The van der Waals surface area contributed by atoms with E-state index in [0.29, 0.717) is 12.0 Å². The first-order chi connectivity index (χ1) is 9.32. The summed E-state index contributed by atoms with van der Waals surface area (Å²) < 4.78 is 42.0. The molecule has 2 rings (SSSR count). The van der Waals surface area contributed by atoms with Crippen LogP contribution in [0.3, 0.4) is 0 Å². The Morgan fingerprint density at radius 1 is 1.40 bits per heavy atom. The molecule has 2 N–H and O–H groups in total. The van der Waals surface area contributed by atoms with Crippen LogP contribution in [0.1, 0.15) is 11.1 Å². The second kappa shape index (κ2) is 5.41. The standard InChI is InChI=1S/C13H14F3NO3/c1-20-11-5-7-3-2-4-9(8(7)6-10(11)18)17-12(19)13(14,15)16/h2-4,10-11,18H,5-6H2,1H3,(H,17,19)/t10-,11-/m0/s1. The number of nitrogens with one attached hydrogen (secondary N) is 1. The van der Waals surface area contributed by atoms with Gasteiger partial charge < -0.3 is 15.2 Å². The lowest BCUT2D eigenvalue weighted by Gasteiger charge is -2.30. The molecule has 0 saturated heterocycles. The van der Waals surface area contributed by atoms with Gasteiger partial charge in [0, 0.05) is 25.6 Å². The van der Waals surface area contributed by atoms with E-state index in [4.69, 9.17) is 4.74 Å². The summed E-state index contributed by atoms with van der Waals surface area (Å²) in [6.45, 7) is 0. The van der Waals surface area contributed by atoms with E-state index in [2.05, 4.69) is 0 Å². The van der Waals surface area contributed by atoms with Crippen molar-refractivity contribution in [1.29, 1.82) is 0 Å². The SMILES string of the molecule is CO[C@H]1Cc2cccc(NC(=O)C(F)(F)F)c2C[C@@H]1O. The smallest absolute Gasteiger partial charge is 0.390 e. The molecule has 0 fully saturated rings. The molecule has 7 heteroatoms. The van der Waals surface area contributed by atoms with Crippen molar-refractivity contribution in [1.82, 2.24) is 0 Å². The number of aliphatic hydroxyl groups is 1. The Bertz CT molecular complexity index is 516. The van der Waals surface area contributed by atoms with Gasteiger partial charge in [-0.2, -0.15) is 13.2 Å². The third kappa shape index (κ3) is 2.94. The van der Waals surface area contributed by atoms with Gasteiger partial charge in [0.15, 0.2) is 0 Å². The van der Waals surface area contributed by atoms with E-state index in [1.165, 1.54) is 13.2 Å². The molecule has 0 spiro atoms. The predicted octanol–water partition coefficient (Wildman–Crippen LogP) is 1.66. The molecule has 0 bridgehead atoms. The summed E-state index contributed by atoms with van der Waals surface area (Å²) in [6.07, 6.45) is -5.61. The van der Waals surface area contributed by atoms with Gasteiger partial charge in [-0.3, -0.25) is 4.79 Å². The first-order valence-electron chi connectivity index (χ1n) is 6.02. The molecule has 0 saturated carbocycles. The van der Waals surface area contributed by atoms with Crippen molar-refractivity contribution in [2.24, 2.45) is 0 Å². The second-order valence-corrected chi connectivity index (χ2v) is 4.64. The number of alkyl halides is 3. The van der Waals surface area contributed by atoms with Crippen molar-refractivity contribution in [3.05, 3.63) is 29.3 Å². The Balaban J connectivity index is 2.28. The van der Waals surface area contributed by atoms with Gasteiger partial charge in [0.1, 0.15) is 0 Å². The van der Waals surface area contributed by atoms with Crippen LogP contribution in [0.25, 0.3) is 0 Å². The predicted molar refractivity (Wildman–Crippen MR) is 65.3 cm³/mol. The number of rotatable bonds is 2. The molecule has 4 nitrogen and oxygen atoms in total. The number of amides is 1. The monoisotopic (exact) mass is 289 g/mol. The molecule has 0 aliphatic heterocycles. The summed E-state index contributed by atoms with van der Waals surface area (Å²) >= 11 is 0. The number of carbonyl (C=O) groups excluding carboxylic acids is 1. The van der Waals surface area contributed by atoms with Crippen LogP contribution in [0.5, 0.6) is 0 Å². The van der Waals surface area contributed by atoms with Gasteiger partial charge in [-0.05, 0) is 17.2 Å². The lowest BCUT2D eigenvalue weighted by molar-refractivity contribution is -0.167. The Hall–Kier alpha value is -1.60. The second-order valence-electron chi connectivity index (χ2n) is 4.64. The molecule has 0 aromatic heterocycles. The fourth-order valence-electron chi connectivity index (χ4n) is 2.31. The molecule has 0 heterocycles. The number of anilines is 1. The molecule has 1 aliphatic rings. The summed E-state index contributed by atoms with van der Waals surface area (Å²) in [5.41, 5.74) is 1.37. The van der Waals surface area contributed by atoms with Gasteiger partial charge in [0.05, 0.1) is 12.2 Å². The van der Waals surface area contributed by atoms with Crippen LogP contribution in [0.4, 0.5) is 18.9 Å². The molecular weight excluding hydrogens is 275 g/mol. The molecule has 1 amide bonds. The van der Waals surface area contributed by atoms with E-state index < -0.39 is 24.3 Å². The zero-order chi connectivity index (χ0) is 14.9. The number of ether oxygens (including phenoxy) is 1. The van der Waals surface area contributed by atoms with Crippen LogP contribution in [0.2, 0.25) is 0 Å². The largest absolute Gasteiger partial charge is 0.471 e. The molecule has 1 aliphatic carbocycles. The minimum absolute atomic E-state index is 0.0819. The molecule has 0 radical (unpaired) electrons. The fourth-order valence-corrected chi connectivity index (χ4v) is 2.31. The highest BCUT2D eigenvalue weighted by Gasteiger charge is 2.39. The zero-order valence-corrected chi connectivity index (χ0v) is 10.7. The topological polar surface area (TPSA) is 58.6 Å². The molecule has 1 aromatic rings. The van der Waals surface area contributed by atoms with Gasteiger partial charge in [-0.1, -0.05) is 12.1 Å². The molecule has 110 valence electrons. The molecule has 20 heavy (non-hydrogen) atoms. The van der Waals surface area contributed by atoms with Crippen molar-refractivity contribution in [2.45, 2.75) is 31.2 Å². The Kier molecular flexibility index (Phi) is 4.01. The zero-order valence-electron chi connectivity index (χ0n) is 10.7. The Morgan fingerprint density at radius 2 is 2.10 bits per heavy atom. The number of aliphatic hydroxyl groups excluding tert-OH is 1. The summed E-state index contributed by atoms with van der Waals surface area (Å²) in [5, 5.41) is 11.7. The van der Waals surface area contributed by atoms with E-state index in [0.717, 1.165) is 5.56 Å². The Labute approximate surface area is 113 Å². The van der Waals surface area contributed by atoms with Crippen LogP contribution in [-0.4, -0.2) is 36.5 Å². The van der Waals surface area contributed by atoms with E-state index >= 15 is 0 Å². The normalized spacial score (nSPS) is 22.2. The van der Waals surface area contributed by atoms with Crippen molar-refractivity contribution in [2.75, 3.05) is 12.4 Å². The van der Waals surface area contributed by atoms with E-state index in [9.17, 15) is 23.1 Å². The van der Waals surface area contributed by atoms with Gasteiger partial charge in [-0.15, -0.1) is 0 Å². The lowest BCUT2D eigenvalue weighted by Crippen LogP contribution is -2.37. The number of halogens is 3. The van der Waals surface area contributed by atoms with Gasteiger partial charge >= 0.3 is 12.1 Å². The maximum atomic E-state index is 12.3. The number of carbonyl (C=O) groups is 1. The van der Waals surface area contributed by atoms with E-state index in [-0.39, 0.29) is 12.1 Å². The van der Waals surface area contributed by atoms with Crippen molar-refractivity contribution in [3.8, 4) is 0 Å². The quantitative estimate of drug-likeness (QED) is 0.870. The van der Waals surface area contributed by atoms with Crippen LogP contribution in [0.15, 0.2) is 18.2 Å². The molecular formula is C13H14F3NO3. The fraction of sp³-hybridized carbons (Fsp3) is 0.462. The first-order valence-corrected chi connectivity index (χ1v) is 6.02. The highest BCUT2D eigenvalue weighted by molar-refractivity contribution is 5.95. The average molecular weight is 289 g/mol. The minimum atomic E-state index is -4.94. The van der Waals surface area contributed by atoms with Crippen molar-refractivity contribution >= 4 is 11.6 Å². The summed E-state index contributed by atoms with van der Waals surface area (Å²) in [7, 11) is 1.47. The van der Waals surface area contributed by atoms with Gasteiger partial charge in [0.25, 0.3) is 0 Å². The maximum absolute atomic E-state index is 12.3. The summed E-state index contributed by atoms with van der Waals surface area (Å²) in [5.74, 6) is -2.02. The highest BCUT2D eigenvalue weighted by atomic mass is 19.4. The number of methoxy groups -OCH3 is 1. The van der Waals surface area contributed by atoms with Crippen LogP contribution in [0, 0.1) is 0 Å². The molecule has 1 aromatic carbocycles. The summed E-state index contributed by atoms with van der Waals surface area (Å²) in [4.78, 5) is 11.0. The van der Waals surface area contributed by atoms with E-state index in [1.807, 2.05) is 5.32 Å². The number of fused-ring (bicyclic) bond motifs is 1. The van der Waals surface area contributed by atoms with Crippen molar-refractivity contribution in [3.63, 3.8) is 0 Å². The van der Waals surface area contributed by atoms with Gasteiger partial charge in [-0.25, -0.2) is 0 Å². The third-order valence-electron chi connectivity index (χ3n) is 3.34. The van der Waals surface area contributed by atoms with Crippen LogP contribution < -0.4 is 5.32 Å². The van der Waals surface area contributed by atoms with Crippen molar-refractivity contribution < 1.29 is 27.8 Å². The van der Waals surface area contributed by atoms with Crippen LogP contribution in [-0.2, 0) is 22.4 Å².